The lowest BCUT2D eigenvalue weighted by molar-refractivity contribution is -0.111. The molecule has 2 aromatic carbocycles. The van der Waals surface area contributed by atoms with Crippen molar-refractivity contribution in [3.05, 3.63) is 67.5 Å². The van der Waals surface area contributed by atoms with Gasteiger partial charge in [0.05, 0.1) is 48.6 Å². The molecule has 0 aliphatic heterocycles. The van der Waals surface area contributed by atoms with Crippen LogP contribution in [0.1, 0.15) is 0 Å². The van der Waals surface area contributed by atoms with Gasteiger partial charge in [0.1, 0.15) is 5.75 Å². The number of anilines is 4. The fourth-order valence-electron chi connectivity index (χ4n) is 4.14. The molecule has 0 saturated heterocycles. The van der Waals surface area contributed by atoms with Crippen LogP contribution in [0.15, 0.2) is 67.5 Å². The third-order valence-corrected chi connectivity index (χ3v) is 6.13. The smallest absolute Gasteiger partial charge is 0.261 e. The molecule has 0 fully saturated rings. The van der Waals surface area contributed by atoms with E-state index in [0.29, 0.717) is 41.8 Å². The zero-order chi connectivity index (χ0) is 40.0. The number of rotatable bonds is 10. The predicted octanol–water partition coefficient (Wildman–Crippen LogP) is 3.02. The maximum absolute atomic E-state index is 12.2. The van der Waals surface area contributed by atoms with E-state index in [1.54, 1.807) is 13.3 Å². The van der Waals surface area contributed by atoms with Crippen molar-refractivity contribution in [1.82, 2.24) is 19.4 Å². The van der Waals surface area contributed by atoms with E-state index in [0.717, 1.165) is 40.9 Å². The quantitative estimate of drug-likeness (QED) is 0.114. The van der Waals surface area contributed by atoms with Gasteiger partial charge in [0.2, 0.25) is 11.9 Å². The summed E-state index contributed by atoms with van der Waals surface area (Å²) in [4.78, 5) is 25.6. The highest BCUT2D eigenvalue weighted by atomic mass is 32.2. The second-order valence-corrected chi connectivity index (χ2v) is 15.6. The molecule has 2 aromatic heterocycles. The first-order valence-electron chi connectivity index (χ1n) is 14.7. The Hall–Kier alpha value is -4.64. The molecule has 0 aliphatic carbocycles. The molecule has 1 amide bonds. The number of hydrogen-bond acceptors (Lipinski definition) is 13. The number of ether oxygens (including phenoxy) is 1. The number of nitrogens with one attached hydrogen (secondary N) is 2. The minimum Gasteiger partial charge on any atom is -0.494 e. The van der Waals surface area contributed by atoms with Crippen molar-refractivity contribution in [2.45, 2.75) is 0 Å². The van der Waals surface area contributed by atoms with Crippen molar-refractivity contribution in [2.75, 3.05) is 75.6 Å². The van der Waals surface area contributed by atoms with Gasteiger partial charge >= 0.3 is 0 Å². The lowest BCUT2D eigenvalue weighted by Gasteiger charge is -2.26. The number of para-hydroxylation sites is 1. The standard InChI is InChI=1S/C28H33N7O2.3CH4O3S/c1-7-27(36)30-22-16-23(26(37-6)17-25(22)34(4)15-14-33(2)3)32-28-29-13-12-21(31-28)20-18-35(5)24-11-9-8-10-19(20)24;3*1-5(2,3)4/h7-13,16-18H,1,14-15H2,2-6H3,(H,30,36)(H,29,31,32);3*1H3,(H,2,3,4). The molecular formula is C31H45N7O11S3. The summed E-state index contributed by atoms with van der Waals surface area (Å²) in [6.07, 6.45) is 7.19. The zero-order valence-corrected chi connectivity index (χ0v) is 32.4. The lowest BCUT2D eigenvalue weighted by Crippen LogP contribution is -2.29. The average Bonchev–Trinajstić information content (AvgIpc) is 3.34. The summed E-state index contributed by atoms with van der Waals surface area (Å²) in [5.74, 6) is 0.716. The van der Waals surface area contributed by atoms with E-state index >= 15 is 0 Å². The summed E-state index contributed by atoms with van der Waals surface area (Å²) in [7, 11) is -1.35. The second-order valence-electron chi connectivity index (χ2n) is 11.2. The molecule has 0 spiro atoms. The fourth-order valence-corrected chi connectivity index (χ4v) is 4.14. The third-order valence-electron chi connectivity index (χ3n) is 6.13. The van der Waals surface area contributed by atoms with Crippen molar-refractivity contribution in [3.63, 3.8) is 0 Å². The van der Waals surface area contributed by atoms with Crippen molar-refractivity contribution < 1.29 is 48.4 Å². The van der Waals surface area contributed by atoms with Gasteiger partial charge in [-0.3, -0.25) is 18.5 Å². The van der Waals surface area contributed by atoms with Crippen LogP contribution in [0.2, 0.25) is 0 Å². The summed E-state index contributed by atoms with van der Waals surface area (Å²) in [6.45, 7) is 5.19. The number of carbonyl (C=O) groups excluding carboxylic acids is 1. The number of amides is 1. The molecular weight excluding hydrogens is 743 g/mol. The normalized spacial score (nSPS) is 11.2. The Balaban J connectivity index is 0.000000760. The Kier molecular flexibility index (Phi) is 17.3. The van der Waals surface area contributed by atoms with Crippen molar-refractivity contribution in [3.8, 4) is 17.0 Å². The van der Waals surface area contributed by atoms with Gasteiger partial charge in [0.25, 0.3) is 30.4 Å². The highest BCUT2D eigenvalue weighted by molar-refractivity contribution is 7.85. The van der Waals surface area contributed by atoms with Crippen LogP contribution in [0.5, 0.6) is 5.75 Å². The van der Waals surface area contributed by atoms with E-state index in [1.807, 2.05) is 58.5 Å². The van der Waals surface area contributed by atoms with E-state index < -0.39 is 30.4 Å². The number of fused-ring (bicyclic) bond motifs is 1. The van der Waals surface area contributed by atoms with E-state index in [9.17, 15) is 30.0 Å². The molecule has 5 N–H and O–H groups in total. The first-order chi connectivity index (χ1) is 23.8. The molecule has 0 saturated carbocycles. The first-order valence-corrected chi connectivity index (χ1v) is 20.3. The van der Waals surface area contributed by atoms with Crippen LogP contribution in [0.4, 0.5) is 23.0 Å². The van der Waals surface area contributed by atoms with Crippen LogP contribution in [0.3, 0.4) is 0 Å². The summed E-state index contributed by atoms with van der Waals surface area (Å²) in [6, 6.07) is 13.8. The number of aromatic nitrogens is 3. The number of benzene rings is 2. The molecule has 18 nitrogen and oxygen atoms in total. The Morgan fingerprint density at radius 3 is 2.00 bits per heavy atom. The molecule has 52 heavy (non-hydrogen) atoms. The molecule has 4 aromatic rings. The molecule has 0 aliphatic rings. The van der Waals surface area contributed by atoms with Crippen LogP contribution in [0, 0.1) is 0 Å². The topological polar surface area (TPSA) is 251 Å². The van der Waals surface area contributed by atoms with Gasteiger partial charge in [-0.15, -0.1) is 0 Å². The molecule has 2 heterocycles. The molecule has 288 valence electrons. The molecule has 0 bridgehead atoms. The summed E-state index contributed by atoms with van der Waals surface area (Å²) < 4.78 is 85.4. The number of aryl methyl sites for hydroxylation is 1. The minimum absolute atomic E-state index is 0.299. The predicted molar refractivity (Wildman–Crippen MR) is 203 cm³/mol. The van der Waals surface area contributed by atoms with Gasteiger partial charge in [0.15, 0.2) is 0 Å². The maximum atomic E-state index is 12.2. The SMILES string of the molecule is C=CC(=O)Nc1cc(Nc2nccc(-c3cn(C)c4ccccc34)n2)c(OC)cc1N(C)CCN(C)C.CS(=O)(=O)O.CS(=O)(=O)O.CS(=O)(=O)O. The van der Waals surface area contributed by atoms with Gasteiger partial charge < -0.3 is 29.7 Å². The van der Waals surface area contributed by atoms with E-state index in [2.05, 4.69) is 54.9 Å². The summed E-state index contributed by atoms with van der Waals surface area (Å²) >= 11 is 0. The largest absolute Gasteiger partial charge is 0.494 e. The highest BCUT2D eigenvalue weighted by Gasteiger charge is 2.17. The zero-order valence-electron chi connectivity index (χ0n) is 30.0. The molecule has 0 atom stereocenters. The number of hydrogen-bond donors (Lipinski definition) is 5. The fraction of sp³-hybridized carbons (Fsp3) is 0.323. The number of methoxy groups -OCH3 is 1. The Morgan fingerprint density at radius 2 is 1.48 bits per heavy atom. The van der Waals surface area contributed by atoms with Crippen LogP contribution in [0.25, 0.3) is 22.2 Å². The summed E-state index contributed by atoms with van der Waals surface area (Å²) in [5, 5.41) is 7.31. The average molecular weight is 788 g/mol. The molecule has 21 heteroatoms. The van der Waals surface area contributed by atoms with Crippen LogP contribution in [-0.2, 0) is 42.2 Å². The van der Waals surface area contributed by atoms with Crippen molar-refractivity contribution in [2.24, 2.45) is 7.05 Å². The van der Waals surface area contributed by atoms with Crippen LogP contribution < -0.4 is 20.3 Å². The monoisotopic (exact) mass is 787 g/mol. The molecule has 4 rings (SSSR count). The summed E-state index contributed by atoms with van der Waals surface area (Å²) in [5.41, 5.74) is 5.02. The van der Waals surface area contributed by atoms with Crippen LogP contribution in [-0.4, -0.2) is 124 Å². The maximum Gasteiger partial charge on any atom is 0.261 e. The van der Waals surface area contributed by atoms with Crippen LogP contribution >= 0.6 is 0 Å². The van der Waals surface area contributed by atoms with Gasteiger partial charge in [-0.05, 0) is 38.4 Å². The van der Waals surface area contributed by atoms with Crippen molar-refractivity contribution >= 4 is 70.2 Å². The third kappa shape index (κ3) is 18.6. The first kappa shape index (κ1) is 45.4. The van der Waals surface area contributed by atoms with Gasteiger partial charge in [-0.1, -0.05) is 24.8 Å². The number of nitrogens with zero attached hydrogens (tertiary/aromatic N) is 5. The second kappa shape index (κ2) is 19.8. The Labute approximate surface area is 304 Å². The highest BCUT2D eigenvalue weighted by Crippen LogP contribution is 2.38. The van der Waals surface area contributed by atoms with Gasteiger partial charge in [0, 0.05) is 62.1 Å². The van der Waals surface area contributed by atoms with Crippen molar-refractivity contribution in [1.29, 1.82) is 0 Å². The lowest BCUT2D eigenvalue weighted by atomic mass is 10.1. The number of carbonyl (C=O) groups is 1. The van der Waals surface area contributed by atoms with Gasteiger partial charge in [-0.25, -0.2) is 9.97 Å². The van der Waals surface area contributed by atoms with E-state index in [4.69, 9.17) is 23.4 Å². The Bertz CT molecular complexity index is 2060. The number of likely N-dealkylation sites (N-methyl/N-ethyl adjacent to an activating group) is 2. The molecule has 0 radical (unpaired) electrons. The van der Waals surface area contributed by atoms with Gasteiger partial charge in [-0.2, -0.15) is 25.3 Å². The Morgan fingerprint density at radius 1 is 0.923 bits per heavy atom. The van der Waals surface area contributed by atoms with E-state index in [1.165, 1.54) is 6.08 Å². The van der Waals surface area contributed by atoms with E-state index in [-0.39, 0.29) is 5.91 Å². The minimum atomic E-state index is -3.67. The molecule has 0 unspecified atom stereocenters.